The highest BCUT2D eigenvalue weighted by atomic mass is 19.1. The van der Waals surface area contributed by atoms with Gasteiger partial charge in [-0.2, -0.15) is 0 Å². The molecule has 0 fully saturated rings. The predicted molar refractivity (Wildman–Crippen MR) is 393 cm³/mol. The largest absolute Gasteiger partial charge is 0.496 e. The number of allylic oxidation sites excluding steroid dienone is 4. The molecule has 0 aliphatic heterocycles. The van der Waals surface area contributed by atoms with Gasteiger partial charge in [0.25, 0.3) is 0 Å². The lowest BCUT2D eigenvalue weighted by atomic mass is 9.86. The summed E-state index contributed by atoms with van der Waals surface area (Å²) in [4.78, 5) is 60.2. The van der Waals surface area contributed by atoms with Crippen LogP contribution in [0.1, 0.15) is 111 Å². The number of fused-ring (bicyclic) bond motifs is 3. The van der Waals surface area contributed by atoms with E-state index in [0.717, 1.165) is 55.7 Å². The minimum absolute atomic E-state index is 0.0318. The first-order valence-electron chi connectivity index (χ1n) is 33.6. The number of carbonyl (C=O) groups is 5. The van der Waals surface area contributed by atoms with Crippen LogP contribution in [0.3, 0.4) is 0 Å². The number of amides is 6. The number of nitrogens with one attached hydrogen (secondary N) is 7. The summed E-state index contributed by atoms with van der Waals surface area (Å²) in [6, 6.07) is 33.0. The van der Waals surface area contributed by atoms with Crippen LogP contribution in [0.4, 0.5) is 33.2 Å². The average molecular weight is 1470 g/mol. The number of rotatable bonds is 25. The Hall–Kier alpha value is -12.8. The minimum Gasteiger partial charge on any atom is -0.496 e. The van der Waals surface area contributed by atoms with Crippen molar-refractivity contribution >= 4 is 70.4 Å². The molecular formula is C80H80F3N7O17. The first-order valence-corrected chi connectivity index (χ1v) is 33.6. The van der Waals surface area contributed by atoms with Gasteiger partial charge in [-0.1, -0.05) is 25.1 Å². The number of carboxylic acids is 2. The molecule has 107 heavy (non-hydrogen) atoms. The molecule has 558 valence electrons. The Labute approximate surface area is 613 Å². The summed E-state index contributed by atoms with van der Waals surface area (Å²) in [5.41, 5.74) is 12.2. The van der Waals surface area contributed by atoms with Crippen molar-refractivity contribution in [2.75, 3.05) is 54.5 Å². The maximum Gasteiger partial charge on any atom is 0.322 e. The van der Waals surface area contributed by atoms with Crippen LogP contribution in [0.5, 0.6) is 34.5 Å². The lowest BCUT2D eigenvalue weighted by molar-refractivity contribution is -0.136. The molecule has 3 aliphatic carbocycles. The van der Waals surface area contributed by atoms with E-state index in [9.17, 15) is 47.4 Å². The number of carbonyl (C=O) groups excluding carboxylic acids is 3. The number of methoxy groups -OCH3 is 6. The third kappa shape index (κ3) is 18.4. The topological polar surface area (TPSA) is 325 Å². The molecule has 0 radical (unpaired) electrons. The molecule has 12 rings (SSSR count). The molecule has 27 heteroatoms. The van der Waals surface area contributed by atoms with Gasteiger partial charge in [-0.05, 0) is 215 Å². The van der Waals surface area contributed by atoms with Crippen LogP contribution in [-0.4, -0.2) is 94.6 Å². The van der Waals surface area contributed by atoms with Gasteiger partial charge in [0, 0.05) is 16.7 Å². The highest BCUT2D eigenvalue weighted by Gasteiger charge is 2.40. The molecule has 3 heterocycles. The van der Waals surface area contributed by atoms with E-state index >= 15 is 0 Å². The van der Waals surface area contributed by atoms with Crippen molar-refractivity contribution in [2.45, 2.75) is 71.8 Å². The molecule has 0 spiro atoms. The van der Waals surface area contributed by atoms with E-state index < -0.39 is 41.7 Å². The molecule has 3 aliphatic rings. The predicted octanol–water partition coefficient (Wildman–Crippen LogP) is 14.0. The van der Waals surface area contributed by atoms with Crippen LogP contribution in [0.15, 0.2) is 171 Å². The summed E-state index contributed by atoms with van der Waals surface area (Å²) < 4.78 is 91.0. The maximum absolute atomic E-state index is 14.2. The minimum atomic E-state index is -1.03. The van der Waals surface area contributed by atoms with Crippen LogP contribution in [0, 0.1) is 23.4 Å². The van der Waals surface area contributed by atoms with E-state index in [0.29, 0.717) is 103 Å². The first kappa shape index (κ1) is 76.8. The third-order valence-corrected chi connectivity index (χ3v) is 18.2. The van der Waals surface area contributed by atoms with Crippen LogP contribution in [-0.2, 0) is 48.7 Å². The van der Waals surface area contributed by atoms with Crippen molar-refractivity contribution in [1.82, 2.24) is 31.9 Å². The smallest absolute Gasteiger partial charge is 0.322 e. The average Bonchev–Trinajstić information content (AvgIpc) is 1.62. The molecule has 0 bridgehead atoms. The van der Waals surface area contributed by atoms with Crippen LogP contribution in [0.25, 0.3) is 34.7 Å². The van der Waals surface area contributed by atoms with Crippen molar-refractivity contribution in [3.05, 3.63) is 253 Å². The molecule has 24 nitrogen and oxygen atoms in total. The van der Waals surface area contributed by atoms with Crippen molar-refractivity contribution in [2.24, 2.45) is 5.92 Å². The first-order chi connectivity index (χ1) is 51.5. The number of halogens is 3. The number of aliphatic carboxylic acids is 2. The van der Waals surface area contributed by atoms with E-state index in [-0.39, 0.29) is 62.9 Å². The number of aliphatic hydroxyl groups excluding tert-OH is 1. The number of hydrogen-bond donors (Lipinski definition) is 10. The number of benzene rings is 6. The third-order valence-electron chi connectivity index (χ3n) is 18.2. The number of furan rings is 3. The van der Waals surface area contributed by atoms with Crippen molar-refractivity contribution < 1.29 is 94.1 Å². The summed E-state index contributed by atoms with van der Waals surface area (Å²) in [6.07, 6.45) is 8.70. The zero-order valence-corrected chi connectivity index (χ0v) is 59.9. The van der Waals surface area contributed by atoms with Crippen molar-refractivity contribution in [3.63, 3.8) is 0 Å². The van der Waals surface area contributed by atoms with Crippen LogP contribution < -0.4 is 65.6 Å². The zero-order chi connectivity index (χ0) is 76.6. The molecule has 3 atom stereocenters. The SMILES string of the molecule is COc1cc(/C=C2/C(C)=C(NC(=O)NCc3ccco3)c3cc(F)ccc32)cc(OC)c1CO.COc1cc(/C=C2/C(C)=C(NC(=O)NCc3ccco3)c3cc(F)ccc32)cc(OC)c1NCC(=O)O.COc1cc(CC2c3ccc(F)cc3C(NC(=O)NCc3ccco3)C2C)cc(OC)c1CC(=O)O. The van der Waals surface area contributed by atoms with Crippen molar-refractivity contribution in [3.8, 4) is 34.5 Å². The second kappa shape index (κ2) is 35.1. The highest BCUT2D eigenvalue weighted by molar-refractivity contribution is 6.08. The van der Waals surface area contributed by atoms with Gasteiger partial charge in [-0.3, -0.25) is 9.59 Å². The summed E-state index contributed by atoms with van der Waals surface area (Å²) in [5, 5.41) is 47.7. The quantitative estimate of drug-likeness (QED) is 0.0254. The maximum atomic E-state index is 14.2. The van der Waals surface area contributed by atoms with Gasteiger partial charge in [-0.25, -0.2) is 27.6 Å². The fourth-order valence-electron chi connectivity index (χ4n) is 13.1. The number of aliphatic hydroxyl groups is 1. The van der Waals surface area contributed by atoms with Gasteiger partial charge in [0.1, 0.15) is 81.5 Å². The van der Waals surface area contributed by atoms with Gasteiger partial charge in [0.15, 0.2) is 0 Å². The Kier molecular flexibility index (Phi) is 25.2. The normalized spacial score (nSPS) is 15.2. The van der Waals surface area contributed by atoms with E-state index in [2.05, 4.69) is 37.2 Å². The Morgan fingerprint density at radius 3 is 1.33 bits per heavy atom. The molecule has 3 unspecified atom stereocenters. The molecule has 10 N–H and O–H groups in total. The van der Waals surface area contributed by atoms with Gasteiger partial charge >= 0.3 is 30.0 Å². The zero-order valence-electron chi connectivity index (χ0n) is 59.9. The van der Waals surface area contributed by atoms with E-state index in [1.165, 1.54) is 97.8 Å². The number of hydrogen-bond acceptors (Lipinski definition) is 16. The monoisotopic (exact) mass is 1470 g/mol. The van der Waals surface area contributed by atoms with Gasteiger partial charge in [-0.15, -0.1) is 0 Å². The second-order valence-corrected chi connectivity index (χ2v) is 24.8. The summed E-state index contributed by atoms with van der Waals surface area (Å²) in [5.74, 6) is 1.17. The van der Waals surface area contributed by atoms with Crippen LogP contribution >= 0.6 is 0 Å². The Morgan fingerprint density at radius 1 is 0.495 bits per heavy atom. The summed E-state index contributed by atoms with van der Waals surface area (Å²) in [6.45, 7) is 5.84. The van der Waals surface area contributed by atoms with Crippen molar-refractivity contribution in [1.29, 1.82) is 0 Å². The number of urea groups is 3. The molecule has 0 saturated heterocycles. The molecule has 0 saturated carbocycles. The van der Waals surface area contributed by atoms with Crippen LogP contribution in [0.2, 0.25) is 0 Å². The highest BCUT2D eigenvalue weighted by Crippen LogP contribution is 2.49. The van der Waals surface area contributed by atoms with Gasteiger partial charge < -0.3 is 94.2 Å². The molecule has 3 aromatic heterocycles. The van der Waals surface area contributed by atoms with Gasteiger partial charge in [0.05, 0.1) is 117 Å². The lowest BCUT2D eigenvalue weighted by Crippen LogP contribution is -2.39. The Morgan fingerprint density at radius 2 is 0.916 bits per heavy atom. The fourth-order valence-corrected chi connectivity index (χ4v) is 13.1. The molecular weight excluding hydrogens is 1390 g/mol. The van der Waals surface area contributed by atoms with E-state index in [1.54, 1.807) is 78.9 Å². The summed E-state index contributed by atoms with van der Waals surface area (Å²) >= 11 is 0. The standard InChI is InChI=1S/C27H26FN3O6.C27H29FN2O6.C26H25FN2O5/c1-15-20(9-16-10-22(35-2)26(23(11-16)36-3)29-14-24(32)33)19-7-6-17(28)12-21(19)25(15)31-27(34)30-13-18-5-4-8-37-18;1-15-20(9-16-10-23(34-2)22(13-25(31)32)24(11-16)35-3)19-7-6-17(28)12-21(19)26(15)30-27(33)29-14-18-5-4-8-36-18;1-15-20(9-16-10-23(32-2)22(14-30)24(11-16)33-3)19-7-6-17(27)12-21(19)25(15)29-26(31)28-13-18-5-4-8-34-18/h4-12,29H,13-14H2,1-3H3,(H,32,33)(H2,30,31,34);4-8,10-12,15,20,26H,9,13-14H2,1-3H3,(H,31,32)(H2,29,30,33);4-12,30H,13-14H2,1-3H3,(H2,28,29,31)/b20-9-;;20-9-. The lowest BCUT2D eigenvalue weighted by Gasteiger charge is -2.23. The number of ether oxygens (including phenoxy) is 6. The molecule has 6 amide bonds. The second-order valence-electron chi connectivity index (χ2n) is 24.8. The van der Waals surface area contributed by atoms with E-state index in [1.807, 2.05) is 45.1 Å². The van der Waals surface area contributed by atoms with Gasteiger partial charge in [0.2, 0.25) is 0 Å². The Balaban J connectivity index is 0.000000172. The molecule has 6 aromatic carbocycles. The van der Waals surface area contributed by atoms with E-state index in [4.69, 9.17) is 46.8 Å². The molecule has 9 aromatic rings. The summed E-state index contributed by atoms with van der Waals surface area (Å²) in [7, 11) is 8.96. The Bertz CT molecular complexity index is 4800. The number of anilines is 1. The fraction of sp³-hybridized carbons (Fsp3) is 0.237. The number of carboxylic acid groups (broad SMARTS) is 2.